The molecule has 2 rings (SSSR count). The number of hydrogen-bond donors (Lipinski definition) is 2. The van der Waals surface area contributed by atoms with Crippen LogP contribution in [0, 0.1) is 0 Å². The highest BCUT2D eigenvalue weighted by molar-refractivity contribution is 5.94. The van der Waals surface area contributed by atoms with Crippen molar-refractivity contribution in [2.45, 2.75) is 39.3 Å². The summed E-state index contributed by atoms with van der Waals surface area (Å²) in [6, 6.07) is 7.95. The van der Waals surface area contributed by atoms with Crippen molar-refractivity contribution in [1.82, 2.24) is 4.57 Å². The van der Waals surface area contributed by atoms with E-state index in [4.69, 9.17) is 5.73 Å². The number of amides is 1. The van der Waals surface area contributed by atoms with Gasteiger partial charge < -0.3 is 15.6 Å². The number of hydrogen-bond acceptors (Lipinski definition) is 2. The first-order valence-electron chi connectivity index (χ1n) is 6.74. The van der Waals surface area contributed by atoms with Crippen LogP contribution in [0.3, 0.4) is 0 Å². The molecule has 0 saturated carbocycles. The lowest BCUT2D eigenvalue weighted by Gasteiger charge is -2.08. The van der Waals surface area contributed by atoms with Crippen LogP contribution in [0.5, 0.6) is 0 Å². The van der Waals surface area contributed by atoms with E-state index in [-0.39, 0.29) is 36.8 Å². The van der Waals surface area contributed by atoms with Gasteiger partial charge in [0.15, 0.2) is 0 Å². The fourth-order valence-corrected chi connectivity index (χ4v) is 2.22. The molecule has 4 nitrogen and oxygen atoms in total. The summed E-state index contributed by atoms with van der Waals surface area (Å²) < 4.78 is 2.23. The lowest BCUT2D eigenvalue weighted by Crippen LogP contribution is -2.23. The predicted octanol–water partition coefficient (Wildman–Crippen LogP) is 3.57. The summed E-state index contributed by atoms with van der Waals surface area (Å²) in [5.41, 5.74) is 7.64. The van der Waals surface area contributed by atoms with Gasteiger partial charge in [-0.1, -0.05) is 6.92 Å². The molecule has 1 heterocycles. The number of fused-ring (bicyclic) bond motifs is 1. The molecule has 0 radical (unpaired) electrons. The zero-order valence-corrected chi connectivity index (χ0v) is 14.0. The molecule has 118 valence electrons. The lowest BCUT2D eigenvalue weighted by molar-refractivity contribution is -0.116. The second kappa shape index (κ2) is 8.93. The number of nitrogens with one attached hydrogen (secondary N) is 1. The van der Waals surface area contributed by atoms with Gasteiger partial charge in [0.1, 0.15) is 0 Å². The van der Waals surface area contributed by atoms with E-state index in [1.165, 1.54) is 5.52 Å². The van der Waals surface area contributed by atoms with Crippen molar-refractivity contribution in [1.29, 1.82) is 0 Å². The number of benzene rings is 1. The molecule has 0 saturated heterocycles. The normalized spacial score (nSPS) is 11.4. The minimum Gasteiger partial charge on any atom is -0.347 e. The Balaban J connectivity index is 0.00000200. The molecule has 1 aromatic carbocycles. The van der Waals surface area contributed by atoms with Crippen molar-refractivity contribution in [2.24, 2.45) is 5.73 Å². The van der Waals surface area contributed by atoms with Gasteiger partial charge >= 0.3 is 0 Å². The van der Waals surface area contributed by atoms with Gasteiger partial charge in [-0.3, -0.25) is 4.79 Å². The number of nitrogens with zero attached hydrogens (tertiary/aromatic N) is 1. The maximum absolute atomic E-state index is 11.7. The van der Waals surface area contributed by atoms with E-state index in [9.17, 15) is 4.79 Å². The van der Waals surface area contributed by atoms with Gasteiger partial charge in [-0.15, -0.1) is 24.8 Å². The summed E-state index contributed by atoms with van der Waals surface area (Å²) in [5.74, 6) is -0.0395. The van der Waals surface area contributed by atoms with Crippen LogP contribution >= 0.6 is 24.8 Å². The van der Waals surface area contributed by atoms with E-state index in [1.807, 2.05) is 25.1 Å². The molecule has 0 spiro atoms. The van der Waals surface area contributed by atoms with Crippen LogP contribution in [0.15, 0.2) is 30.5 Å². The summed E-state index contributed by atoms with van der Waals surface area (Å²) in [6.07, 6.45) is 3.53. The molecule has 6 heteroatoms. The molecule has 21 heavy (non-hydrogen) atoms. The van der Waals surface area contributed by atoms with Crippen molar-refractivity contribution >= 4 is 47.3 Å². The van der Waals surface area contributed by atoms with Gasteiger partial charge in [-0.2, -0.15) is 0 Å². The predicted molar refractivity (Wildman–Crippen MR) is 93.6 cm³/mol. The second-order valence-electron chi connectivity index (χ2n) is 5.01. The van der Waals surface area contributed by atoms with Gasteiger partial charge in [0.25, 0.3) is 0 Å². The first kappa shape index (κ1) is 19.8. The first-order chi connectivity index (χ1) is 9.10. The highest BCUT2D eigenvalue weighted by atomic mass is 35.5. The number of aromatic nitrogens is 1. The monoisotopic (exact) mass is 331 g/mol. The summed E-state index contributed by atoms with van der Waals surface area (Å²) in [6.45, 7) is 5.00. The van der Waals surface area contributed by atoms with Crippen LogP contribution < -0.4 is 11.1 Å². The first-order valence-corrected chi connectivity index (χ1v) is 6.74. The van der Waals surface area contributed by atoms with Crippen molar-refractivity contribution in [3.63, 3.8) is 0 Å². The minimum absolute atomic E-state index is 0. The summed E-state index contributed by atoms with van der Waals surface area (Å²) in [7, 11) is 0. The van der Waals surface area contributed by atoms with Gasteiger partial charge in [-0.25, -0.2) is 0 Å². The number of nitrogens with two attached hydrogens (primary N) is 1. The van der Waals surface area contributed by atoms with Crippen molar-refractivity contribution in [2.75, 3.05) is 5.32 Å². The molecular weight excluding hydrogens is 309 g/mol. The van der Waals surface area contributed by atoms with E-state index in [1.54, 1.807) is 0 Å². The molecule has 0 fully saturated rings. The van der Waals surface area contributed by atoms with Crippen molar-refractivity contribution in [3.8, 4) is 0 Å². The van der Waals surface area contributed by atoms with E-state index >= 15 is 0 Å². The highest BCUT2D eigenvalue weighted by Gasteiger charge is 2.07. The van der Waals surface area contributed by atoms with E-state index in [2.05, 4.69) is 29.1 Å². The number of aryl methyl sites for hydroxylation is 1. The Hall–Kier alpha value is -1.23. The molecule has 1 atom stereocenters. The van der Waals surface area contributed by atoms with E-state index in [0.717, 1.165) is 24.0 Å². The van der Waals surface area contributed by atoms with Crippen molar-refractivity contribution in [3.05, 3.63) is 30.5 Å². The van der Waals surface area contributed by atoms with Gasteiger partial charge in [0, 0.05) is 41.8 Å². The standard InChI is InChI=1S/C15H21N3O.2ClH/c1-3-7-18-8-6-12-10-13(4-5-14(12)18)17-15(19)9-11(2)16;;/h4-6,8,10-11H,3,7,9,16H2,1-2H3,(H,17,19);2*1H. The average Bonchev–Trinajstić information content (AvgIpc) is 2.71. The fraction of sp³-hybridized carbons (Fsp3) is 0.400. The molecule has 1 aromatic heterocycles. The third-order valence-corrected chi connectivity index (χ3v) is 3.03. The zero-order chi connectivity index (χ0) is 13.8. The Bertz CT molecular complexity index is 581. The maximum atomic E-state index is 11.7. The number of halogens is 2. The third kappa shape index (κ3) is 5.23. The molecule has 3 N–H and O–H groups in total. The summed E-state index contributed by atoms with van der Waals surface area (Å²) in [4.78, 5) is 11.7. The number of carbonyl (C=O) groups is 1. The maximum Gasteiger partial charge on any atom is 0.225 e. The number of carbonyl (C=O) groups excluding carboxylic acids is 1. The molecule has 0 bridgehead atoms. The lowest BCUT2D eigenvalue weighted by atomic mass is 10.2. The summed E-state index contributed by atoms with van der Waals surface area (Å²) in [5, 5.41) is 4.02. The zero-order valence-electron chi connectivity index (χ0n) is 12.3. The molecule has 1 amide bonds. The van der Waals surface area contributed by atoms with Crippen LogP contribution in [0.25, 0.3) is 10.9 Å². The van der Waals surface area contributed by atoms with Crippen LogP contribution in [0.1, 0.15) is 26.7 Å². The Morgan fingerprint density at radius 1 is 1.33 bits per heavy atom. The van der Waals surface area contributed by atoms with Crippen LogP contribution in [-0.4, -0.2) is 16.5 Å². The average molecular weight is 332 g/mol. The minimum atomic E-state index is -0.116. The fourth-order valence-electron chi connectivity index (χ4n) is 2.22. The topological polar surface area (TPSA) is 60.0 Å². The van der Waals surface area contributed by atoms with Gasteiger partial charge in [-0.05, 0) is 37.6 Å². The highest BCUT2D eigenvalue weighted by Crippen LogP contribution is 2.21. The molecule has 0 aliphatic heterocycles. The Kier molecular flexibility index (Phi) is 8.40. The molecular formula is C15H23Cl2N3O. The molecule has 0 aliphatic rings. The van der Waals surface area contributed by atoms with E-state index in [0.29, 0.717) is 6.42 Å². The van der Waals surface area contributed by atoms with E-state index < -0.39 is 0 Å². The van der Waals surface area contributed by atoms with Crippen LogP contribution in [0.4, 0.5) is 5.69 Å². The van der Waals surface area contributed by atoms with Crippen molar-refractivity contribution < 1.29 is 4.79 Å². The quantitative estimate of drug-likeness (QED) is 0.879. The SMILES string of the molecule is CCCn1ccc2cc(NC(=O)CC(C)N)ccc21.Cl.Cl. The molecule has 0 aliphatic carbocycles. The molecule has 2 aromatic rings. The summed E-state index contributed by atoms with van der Waals surface area (Å²) >= 11 is 0. The number of rotatable bonds is 5. The molecule has 1 unspecified atom stereocenters. The van der Waals surface area contributed by atoms with Crippen LogP contribution in [-0.2, 0) is 11.3 Å². The number of anilines is 1. The van der Waals surface area contributed by atoms with Gasteiger partial charge in [0.05, 0.1) is 0 Å². The third-order valence-electron chi connectivity index (χ3n) is 3.03. The Morgan fingerprint density at radius 2 is 2.05 bits per heavy atom. The Morgan fingerprint density at radius 3 is 2.67 bits per heavy atom. The van der Waals surface area contributed by atoms with Gasteiger partial charge in [0.2, 0.25) is 5.91 Å². The Labute approximate surface area is 137 Å². The van der Waals surface area contributed by atoms with Crippen LogP contribution in [0.2, 0.25) is 0 Å². The smallest absolute Gasteiger partial charge is 0.225 e. The largest absolute Gasteiger partial charge is 0.347 e. The second-order valence-corrected chi connectivity index (χ2v) is 5.01.